The van der Waals surface area contributed by atoms with E-state index in [2.05, 4.69) is 15.4 Å². The summed E-state index contributed by atoms with van der Waals surface area (Å²) in [7, 11) is 1.79. The number of carbonyl (C=O) groups is 1. The molecule has 4 aromatic rings. The Morgan fingerprint density at radius 1 is 1.10 bits per heavy atom. The van der Waals surface area contributed by atoms with Crippen LogP contribution in [-0.2, 0) is 11.8 Å². The van der Waals surface area contributed by atoms with Crippen LogP contribution in [0, 0.1) is 19.7 Å². The van der Waals surface area contributed by atoms with E-state index in [4.69, 9.17) is 9.47 Å². The summed E-state index contributed by atoms with van der Waals surface area (Å²) in [6, 6.07) is 14.6. The number of ether oxygens (including phenoxy) is 2. The van der Waals surface area contributed by atoms with Crippen LogP contribution >= 0.6 is 0 Å². The van der Waals surface area contributed by atoms with Crippen molar-refractivity contribution in [3.8, 4) is 17.4 Å². The summed E-state index contributed by atoms with van der Waals surface area (Å²) in [6.07, 6.45) is 0. The first-order valence-corrected chi connectivity index (χ1v) is 9.66. The summed E-state index contributed by atoms with van der Waals surface area (Å²) in [5, 5.41) is 7.89. The Hall–Kier alpha value is -3.94. The van der Waals surface area contributed by atoms with Crippen molar-refractivity contribution in [1.29, 1.82) is 0 Å². The van der Waals surface area contributed by atoms with E-state index in [0.717, 1.165) is 16.6 Å². The molecule has 2 heterocycles. The van der Waals surface area contributed by atoms with E-state index < -0.39 is 0 Å². The van der Waals surface area contributed by atoms with Gasteiger partial charge < -0.3 is 14.8 Å². The predicted octanol–water partition coefficient (Wildman–Crippen LogP) is 4.53. The number of nitrogens with zero attached hydrogens (tertiary/aromatic N) is 3. The molecule has 8 heteroatoms. The molecule has 2 aromatic heterocycles. The maximum Gasteiger partial charge on any atom is 0.262 e. The Morgan fingerprint density at radius 3 is 2.61 bits per heavy atom. The third kappa shape index (κ3) is 4.63. The van der Waals surface area contributed by atoms with Crippen molar-refractivity contribution in [2.75, 3.05) is 11.9 Å². The largest absolute Gasteiger partial charge is 0.466 e. The molecule has 0 aliphatic rings. The highest BCUT2D eigenvalue weighted by Gasteiger charge is 2.15. The van der Waals surface area contributed by atoms with Gasteiger partial charge in [0.25, 0.3) is 5.91 Å². The zero-order valence-corrected chi connectivity index (χ0v) is 17.3. The Labute approximate surface area is 178 Å². The first-order valence-electron chi connectivity index (χ1n) is 9.66. The summed E-state index contributed by atoms with van der Waals surface area (Å²) in [6.45, 7) is 3.68. The fourth-order valence-electron chi connectivity index (χ4n) is 3.25. The number of aryl methyl sites for hydroxylation is 3. The van der Waals surface area contributed by atoms with Crippen LogP contribution in [0.3, 0.4) is 0 Å². The van der Waals surface area contributed by atoms with Gasteiger partial charge in [0, 0.05) is 24.5 Å². The van der Waals surface area contributed by atoms with E-state index in [1.54, 1.807) is 48.1 Å². The van der Waals surface area contributed by atoms with Gasteiger partial charge >= 0.3 is 0 Å². The first-order chi connectivity index (χ1) is 14.9. The highest BCUT2D eigenvalue weighted by molar-refractivity contribution is 5.92. The van der Waals surface area contributed by atoms with Crippen molar-refractivity contribution in [3.63, 3.8) is 0 Å². The molecule has 0 radical (unpaired) electrons. The third-order valence-electron chi connectivity index (χ3n) is 4.60. The van der Waals surface area contributed by atoms with Gasteiger partial charge in [-0.2, -0.15) is 0 Å². The topological polar surface area (TPSA) is 78.3 Å². The first kappa shape index (κ1) is 20.3. The van der Waals surface area contributed by atoms with E-state index in [1.807, 2.05) is 19.9 Å². The van der Waals surface area contributed by atoms with Gasteiger partial charge in [-0.3, -0.25) is 4.79 Å². The highest BCUT2D eigenvalue weighted by Crippen LogP contribution is 2.27. The molecule has 0 saturated carbocycles. The second-order valence-electron chi connectivity index (χ2n) is 7.13. The van der Waals surface area contributed by atoms with Crippen molar-refractivity contribution >= 4 is 22.6 Å². The molecular weight excluding hydrogens is 399 g/mol. The zero-order valence-electron chi connectivity index (χ0n) is 17.3. The molecule has 0 unspecified atom stereocenters. The van der Waals surface area contributed by atoms with Crippen molar-refractivity contribution in [3.05, 3.63) is 71.7 Å². The van der Waals surface area contributed by atoms with Crippen LogP contribution in [0.2, 0.25) is 0 Å². The van der Waals surface area contributed by atoms with Crippen molar-refractivity contribution in [2.45, 2.75) is 13.8 Å². The summed E-state index contributed by atoms with van der Waals surface area (Å²) in [5.41, 5.74) is 3.17. The van der Waals surface area contributed by atoms with Crippen LogP contribution in [0.4, 0.5) is 10.1 Å². The molecule has 2 aromatic carbocycles. The molecule has 1 N–H and O–H groups in total. The Kier molecular flexibility index (Phi) is 5.53. The summed E-state index contributed by atoms with van der Waals surface area (Å²) >= 11 is 0. The van der Waals surface area contributed by atoms with Crippen LogP contribution in [0.25, 0.3) is 11.0 Å². The molecule has 0 aliphatic carbocycles. The minimum absolute atomic E-state index is 0.193. The molecule has 158 valence electrons. The lowest BCUT2D eigenvalue weighted by molar-refractivity contribution is -0.118. The number of amides is 1. The van der Waals surface area contributed by atoms with Gasteiger partial charge in [-0.1, -0.05) is 6.07 Å². The number of fused-ring (bicyclic) bond motifs is 1. The number of halogens is 1. The quantitative estimate of drug-likeness (QED) is 0.496. The van der Waals surface area contributed by atoms with E-state index in [0.29, 0.717) is 28.7 Å². The lowest BCUT2D eigenvalue weighted by atomic mass is 10.2. The molecular formula is C23H21FN4O3. The molecule has 31 heavy (non-hydrogen) atoms. The zero-order chi connectivity index (χ0) is 22.0. The van der Waals surface area contributed by atoms with E-state index in [-0.39, 0.29) is 18.3 Å². The number of aromatic nitrogens is 3. The van der Waals surface area contributed by atoms with Gasteiger partial charge in [-0.05, 0) is 61.9 Å². The van der Waals surface area contributed by atoms with Crippen molar-refractivity contribution < 1.29 is 18.7 Å². The highest BCUT2D eigenvalue weighted by atomic mass is 19.1. The molecule has 0 bridgehead atoms. The van der Waals surface area contributed by atoms with Crippen LogP contribution < -0.4 is 14.8 Å². The normalized spacial score (nSPS) is 10.8. The van der Waals surface area contributed by atoms with Crippen molar-refractivity contribution in [2.24, 2.45) is 7.05 Å². The molecule has 0 spiro atoms. The lowest BCUT2D eigenvalue weighted by Gasteiger charge is -2.09. The molecule has 7 nitrogen and oxygen atoms in total. The second kappa shape index (κ2) is 8.43. The van der Waals surface area contributed by atoms with Crippen LogP contribution in [0.5, 0.6) is 17.4 Å². The molecule has 4 rings (SSSR count). The molecule has 0 atom stereocenters. The van der Waals surface area contributed by atoms with Gasteiger partial charge in [0.1, 0.15) is 17.3 Å². The number of hydrogen-bond acceptors (Lipinski definition) is 5. The average Bonchev–Trinajstić information content (AvgIpc) is 3.04. The molecule has 0 saturated heterocycles. The van der Waals surface area contributed by atoms with Crippen molar-refractivity contribution in [1.82, 2.24) is 14.8 Å². The maximum atomic E-state index is 13.3. The number of pyridine rings is 1. The Morgan fingerprint density at radius 2 is 1.87 bits per heavy atom. The smallest absolute Gasteiger partial charge is 0.262 e. The standard InChI is InChI=1S/C23H21FN4O3/c1-14-11-15(2)25-22-21(14)23(27-28(22)3)30-13-20(29)26-17-7-9-18(10-8-17)31-19-6-4-5-16(24)12-19/h4-12H,13H2,1-3H3,(H,26,29). The number of carbonyl (C=O) groups excluding carboxylic acids is 1. The maximum absolute atomic E-state index is 13.3. The Balaban J connectivity index is 1.38. The van der Waals surface area contributed by atoms with Gasteiger partial charge in [0.05, 0.1) is 5.39 Å². The van der Waals surface area contributed by atoms with Crippen LogP contribution in [-0.4, -0.2) is 27.3 Å². The number of benzene rings is 2. The summed E-state index contributed by atoms with van der Waals surface area (Å²) < 4.78 is 26.1. The Bertz CT molecular complexity index is 1250. The minimum Gasteiger partial charge on any atom is -0.466 e. The van der Waals surface area contributed by atoms with E-state index in [9.17, 15) is 9.18 Å². The molecule has 1 amide bonds. The SMILES string of the molecule is Cc1cc(C)c2c(OCC(=O)Nc3ccc(Oc4cccc(F)c4)cc3)nn(C)c2n1. The fourth-order valence-corrected chi connectivity index (χ4v) is 3.25. The molecule has 0 aliphatic heterocycles. The van der Waals surface area contributed by atoms with E-state index >= 15 is 0 Å². The lowest BCUT2D eigenvalue weighted by Crippen LogP contribution is -2.20. The fraction of sp³-hybridized carbons (Fsp3) is 0.174. The average molecular weight is 420 g/mol. The predicted molar refractivity (Wildman–Crippen MR) is 115 cm³/mol. The van der Waals surface area contributed by atoms with Gasteiger partial charge in [-0.25, -0.2) is 14.1 Å². The number of rotatable bonds is 6. The van der Waals surface area contributed by atoms with Gasteiger partial charge in [-0.15, -0.1) is 5.10 Å². The number of nitrogens with one attached hydrogen (secondary N) is 1. The summed E-state index contributed by atoms with van der Waals surface area (Å²) in [5.74, 6) is 0.598. The monoisotopic (exact) mass is 420 g/mol. The summed E-state index contributed by atoms with van der Waals surface area (Å²) in [4.78, 5) is 16.8. The molecule has 0 fully saturated rings. The second-order valence-corrected chi connectivity index (χ2v) is 7.13. The van der Waals surface area contributed by atoms with Crippen LogP contribution in [0.15, 0.2) is 54.6 Å². The van der Waals surface area contributed by atoms with Gasteiger partial charge in [0.2, 0.25) is 5.88 Å². The van der Waals surface area contributed by atoms with E-state index in [1.165, 1.54) is 12.1 Å². The van der Waals surface area contributed by atoms with Crippen LogP contribution in [0.1, 0.15) is 11.3 Å². The number of anilines is 1. The van der Waals surface area contributed by atoms with Gasteiger partial charge in [0.15, 0.2) is 12.3 Å². The third-order valence-corrected chi connectivity index (χ3v) is 4.60. The minimum atomic E-state index is -0.372. The number of hydrogen-bond donors (Lipinski definition) is 1.